The molecule has 0 radical (unpaired) electrons. The van der Waals surface area contributed by atoms with Crippen LogP contribution in [-0.4, -0.2) is 23.4 Å². The highest BCUT2D eigenvalue weighted by Gasteiger charge is 1.98. The number of ether oxygens (including phenoxy) is 2. The molecule has 0 aliphatic carbocycles. The van der Waals surface area contributed by atoms with E-state index in [4.69, 9.17) is 19.7 Å². The molecule has 0 aliphatic rings. The van der Waals surface area contributed by atoms with E-state index in [0.717, 1.165) is 48.3 Å². The molecule has 0 aromatic heterocycles. The predicted molar refractivity (Wildman–Crippen MR) is 94.2 cm³/mol. The van der Waals surface area contributed by atoms with E-state index < -0.39 is 0 Å². The summed E-state index contributed by atoms with van der Waals surface area (Å²) in [5, 5.41) is 18.2. The third-order valence-corrected chi connectivity index (χ3v) is 3.74. The van der Waals surface area contributed by atoms with Gasteiger partial charge in [-0.25, -0.2) is 0 Å². The summed E-state index contributed by atoms with van der Waals surface area (Å²) in [5.41, 5.74) is 1.74. The Kier molecular flexibility index (Phi) is 8.15. The standard InChI is InChI=1S/C20H26O4/c21-15-17-7-5-9-19(13-17)23-11-3-1-2-4-12-24-20-10-6-8-18(14-20)16-22/h5-10,13-14,21-22H,1-4,11-12,15-16H2. The van der Waals surface area contributed by atoms with Crippen LogP contribution in [0.2, 0.25) is 0 Å². The summed E-state index contributed by atoms with van der Waals surface area (Å²) in [6.45, 7) is 1.46. The van der Waals surface area contributed by atoms with E-state index in [2.05, 4.69) is 0 Å². The van der Waals surface area contributed by atoms with E-state index in [1.807, 2.05) is 48.5 Å². The van der Waals surface area contributed by atoms with Crippen LogP contribution >= 0.6 is 0 Å². The zero-order valence-electron chi connectivity index (χ0n) is 14.0. The molecule has 2 N–H and O–H groups in total. The minimum atomic E-state index is 0.0401. The van der Waals surface area contributed by atoms with Gasteiger partial charge in [-0.2, -0.15) is 0 Å². The molecule has 0 aliphatic heterocycles. The van der Waals surface area contributed by atoms with Crippen LogP contribution in [0.5, 0.6) is 11.5 Å². The number of unbranched alkanes of at least 4 members (excludes halogenated alkanes) is 3. The van der Waals surface area contributed by atoms with Crippen LogP contribution in [0.4, 0.5) is 0 Å². The van der Waals surface area contributed by atoms with Gasteiger partial charge in [0.25, 0.3) is 0 Å². The Morgan fingerprint density at radius 3 is 1.50 bits per heavy atom. The zero-order valence-corrected chi connectivity index (χ0v) is 14.0. The lowest BCUT2D eigenvalue weighted by molar-refractivity contribution is 0.274. The molecule has 0 spiro atoms. The number of rotatable bonds is 11. The van der Waals surface area contributed by atoms with Crippen LogP contribution in [0, 0.1) is 0 Å². The molecule has 24 heavy (non-hydrogen) atoms. The molecule has 0 fully saturated rings. The summed E-state index contributed by atoms with van der Waals surface area (Å²) in [5.74, 6) is 1.63. The van der Waals surface area contributed by atoms with Crippen LogP contribution in [0.15, 0.2) is 48.5 Å². The minimum absolute atomic E-state index is 0.0401. The first-order valence-electron chi connectivity index (χ1n) is 8.47. The van der Waals surface area contributed by atoms with E-state index in [-0.39, 0.29) is 13.2 Å². The Balaban J connectivity index is 1.52. The highest BCUT2D eigenvalue weighted by Crippen LogP contribution is 2.15. The number of aliphatic hydroxyl groups is 2. The molecule has 0 heterocycles. The van der Waals surface area contributed by atoms with Crippen molar-refractivity contribution >= 4 is 0 Å². The second kappa shape index (κ2) is 10.7. The van der Waals surface area contributed by atoms with E-state index in [1.54, 1.807) is 0 Å². The number of benzene rings is 2. The Morgan fingerprint density at radius 2 is 1.08 bits per heavy atom. The Bertz CT molecular complexity index is 544. The first-order chi connectivity index (χ1) is 11.8. The lowest BCUT2D eigenvalue weighted by atomic mass is 10.2. The molecule has 2 rings (SSSR count). The summed E-state index contributed by atoms with van der Waals surface area (Å²) >= 11 is 0. The molecule has 2 aromatic rings. The van der Waals surface area contributed by atoms with Gasteiger partial charge < -0.3 is 19.7 Å². The maximum absolute atomic E-state index is 9.09. The maximum Gasteiger partial charge on any atom is 0.119 e. The fourth-order valence-corrected chi connectivity index (χ4v) is 2.40. The zero-order chi connectivity index (χ0) is 17.0. The first-order valence-corrected chi connectivity index (χ1v) is 8.47. The topological polar surface area (TPSA) is 58.9 Å². The second-order valence-corrected chi connectivity index (χ2v) is 5.72. The molecule has 0 saturated carbocycles. The summed E-state index contributed by atoms with van der Waals surface area (Å²) in [6.07, 6.45) is 4.20. The Labute approximate surface area is 143 Å². The first kappa shape index (κ1) is 18.3. The molecule has 0 saturated heterocycles. The van der Waals surface area contributed by atoms with Gasteiger partial charge in [-0.15, -0.1) is 0 Å². The van der Waals surface area contributed by atoms with E-state index in [9.17, 15) is 0 Å². The van der Waals surface area contributed by atoms with E-state index >= 15 is 0 Å². The van der Waals surface area contributed by atoms with Gasteiger partial charge in [-0.3, -0.25) is 0 Å². The SMILES string of the molecule is OCc1cccc(OCCCCCCOc2cccc(CO)c2)c1. The Hall–Kier alpha value is -2.04. The van der Waals surface area contributed by atoms with E-state index in [1.165, 1.54) is 0 Å². The number of aliphatic hydroxyl groups excluding tert-OH is 2. The maximum atomic E-state index is 9.09. The van der Waals surface area contributed by atoms with Crippen molar-refractivity contribution in [2.45, 2.75) is 38.9 Å². The molecular formula is C20H26O4. The number of hydrogen-bond donors (Lipinski definition) is 2. The molecular weight excluding hydrogens is 304 g/mol. The Morgan fingerprint density at radius 1 is 0.625 bits per heavy atom. The van der Waals surface area contributed by atoms with Gasteiger partial charge in [-0.1, -0.05) is 24.3 Å². The van der Waals surface area contributed by atoms with Gasteiger partial charge in [0.2, 0.25) is 0 Å². The molecule has 2 aromatic carbocycles. The molecule has 0 unspecified atom stereocenters. The van der Waals surface area contributed by atoms with Crippen LogP contribution in [0.1, 0.15) is 36.8 Å². The van der Waals surface area contributed by atoms with Crippen molar-refractivity contribution in [3.8, 4) is 11.5 Å². The lowest BCUT2D eigenvalue weighted by Gasteiger charge is -2.08. The number of hydrogen-bond acceptors (Lipinski definition) is 4. The average Bonchev–Trinajstić information content (AvgIpc) is 2.64. The van der Waals surface area contributed by atoms with Crippen molar-refractivity contribution in [2.24, 2.45) is 0 Å². The normalized spacial score (nSPS) is 10.6. The summed E-state index contributed by atoms with van der Waals surface area (Å²) < 4.78 is 11.4. The fourth-order valence-electron chi connectivity index (χ4n) is 2.40. The van der Waals surface area contributed by atoms with Crippen molar-refractivity contribution in [3.05, 3.63) is 59.7 Å². The third-order valence-electron chi connectivity index (χ3n) is 3.74. The minimum Gasteiger partial charge on any atom is -0.494 e. The van der Waals surface area contributed by atoms with Crippen molar-refractivity contribution in [1.29, 1.82) is 0 Å². The highest BCUT2D eigenvalue weighted by molar-refractivity contribution is 5.28. The van der Waals surface area contributed by atoms with Crippen LogP contribution in [0.25, 0.3) is 0 Å². The fraction of sp³-hybridized carbons (Fsp3) is 0.400. The summed E-state index contributed by atoms with van der Waals surface area (Å²) in [7, 11) is 0. The third kappa shape index (κ3) is 6.60. The van der Waals surface area contributed by atoms with Crippen LogP contribution in [-0.2, 0) is 13.2 Å². The average molecular weight is 330 g/mol. The van der Waals surface area contributed by atoms with Crippen molar-refractivity contribution in [1.82, 2.24) is 0 Å². The molecule has 0 bridgehead atoms. The molecule has 0 atom stereocenters. The van der Waals surface area contributed by atoms with Gasteiger partial charge in [0.1, 0.15) is 11.5 Å². The summed E-state index contributed by atoms with van der Waals surface area (Å²) in [4.78, 5) is 0. The smallest absolute Gasteiger partial charge is 0.119 e. The highest BCUT2D eigenvalue weighted by atomic mass is 16.5. The summed E-state index contributed by atoms with van der Waals surface area (Å²) in [6, 6.07) is 15.1. The molecule has 0 amide bonds. The van der Waals surface area contributed by atoms with Gasteiger partial charge >= 0.3 is 0 Å². The molecule has 4 heteroatoms. The monoisotopic (exact) mass is 330 g/mol. The molecule has 130 valence electrons. The van der Waals surface area contributed by atoms with Crippen molar-refractivity contribution in [3.63, 3.8) is 0 Å². The molecule has 4 nitrogen and oxygen atoms in total. The van der Waals surface area contributed by atoms with Gasteiger partial charge in [-0.05, 0) is 61.1 Å². The largest absolute Gasteiger partial charge is 0.494 e. The van der Waals surface area contributed by atoms with E-state index in [0.29, 0.717) is 13.2 Å². The quantitative estimate of drug-likeness (QED) is 0.617. The van der Waals surface area contributed by atoms with Crippen molar-refractivity contribution < 1.29 is 19.7 Å². The van der Waals surface area contributed by atoms with Gasteiger partial charge in [0.15, 0.2) is 0 Å². The van der Waals surface area contributed by atoms with Crippen molar-refractivity contribution in [2.75, 3.05) is 13.2 Å². The lowest BCUT2D eigenvalue weighted by Crippen LogP contribution is -2.00. The van der Waals surface area contributed by atoms with Crippen LogP contribution in [0.3, 0.4) is 0 Å². The predicted octanol–water partition coefficient (Wildman–Crippen LogP) is 3.69. The van der Waals surface area contributed by atoms with Gasteiger partial charge in [0, 0.05) is 0 Å². The van der Waals surface area contributed by atoms with Gasteiger partial charge in [0.05, 0.1) is 26.4 Å². The second-order valence-electron chi connectivity index (χ2n) is 5.72. The van der Waals surface area contributed by atoms with Crippen LogP contribution < -0.4 is 9.47 Å².